The van der Waals surface area contributed by atoms with Crippen molar-refractivity contribution in [2.24, 2.45) is 0 Å². The summed E-state index contributed by atoms with van der Waals surface area (Å²) in [6.45, 7) is 0.734. The van der Waals surface area contributed by atoms with Gasteiger partial charge >= 0.3 is 6.18 Å². The van der Waals surface area contributed by atoms with Crippen LogP contribution in [0, 0.1) is 0 Å². The molecule has 3 rings (SSSR count). The number of halogens is 4. The molecule has 0 N–H and O–H groups in total. The Labute approximate surface area is 147 Å². The Morgan fingerprint density at radius 3 is 2.80 bits per heavy atom. The van der Waals surface area contributed by atoms with Gasteiger partial charge in [0.25, 0.3) is 5.91 Å². The van der Waals surface area contributed by atoms with Gasteiger partial charge in [0, 0.05) is 35.8 Å². The molecule has 4 nitrogen and oxygen atoms in total. The number of rotatable bonds is 3. The SMILES string of the molecule is O=C(c1cccc(Cl)c1)N1CC[C@H](Oc2cc(C(F)(F)F)ccn2)C1. The molecule has 1 aliphatic heterocycles. The van der Waals surface area contributed by atoms with Crippen molar-refractivity contribution in [1.82, 2.24) is 9.88 Å². The Morgan fingerprint density at radius 1 is 1.28 bits per heavy atom. The van der Waals surface area contributed by atoms with Gasteiger partial charge in [-0.25, -0.2) is 4.98 Å². The van der Waals surface area contributed by atoms with E-state index in [1.54, 1.807) is 29.2 Å². The summed E-state index contributed by atoms with van der Waals surface area (Å²) in [5, 5.41) is 0.464. The summed E-state index contributed by atoms with van der Waals surface area (Å²) in [5.74, 6) is -0.289. The van der Waals surface area contributed by atoms with Crippen LogP contribution in [0.5, 0.6) is 5.88 Å². The van der Waals surface area contributed by atoms with Crippen LogP contribution in [0.15, 0.2) is 42.6 Å². The van der Waals surface area contributed by atoms with Crippen LogP contribution in [-0.4, -0.2) is 35.0 Å². The first-order valence-corrected chi connectivity index (χ1v) is 7.95. The number of amides is 1. The summed E-state index contributed by atoms with van der Waals surface area (Å²) >= 11 is 5.89. The Morgan fingerprint density at radius 2 is 2.08 bits per heavy atom. The number of ether oxygens (including phenoxy) is 1. The molecule has 1 fully saturated rings. The molecule has 0 aliphatic carbocycles. The fourth-order valence-corrected chi connectivity index (χ4v) is 2.82. The quantitative estimate of drug-likeness (QED) is 0.818. The van der Waals surface area contributed by atoms with Gasteiger partial charge in [0.15, 0.2) is 0 Å². The molecule has 2 heterocycles. The highest BCUT2D eigenvalue weighted by Gasteiger charge is 2.32. The summed E-state index contributed by atoms with van der Waals surface area (Å²) in [6.07, 6.45) is -3.28. The lowest BCUT2D eigenvalue weighted by molar-refractivity contribution is -0.137. The highest BCUT2D eigenvalue weighted by Crippen LogP contribution is 2.31. The average Bonchev–Trinajstić information content (AvgIpc) is 3.02. The summed E-state index contributed by atoms with van der Waals surface area (Å²) in [4.78, 5) is 17.8. The maximum Gasteiger partial charge on any atom is 0.416 e. The van der Waals surface area contributed by atoms with E-state index in [4.69, 9.17) is 16.3 Å². The minimum atomic E-state index is -4.45. The zero-order valence-corrected chi connectivity index (χ0v) is 13.7. The fourth-order valence-electron chi connectivity index (χ4n) is 2.63. The maximum atomic E-state index is 12.7. The molecule has 2 aromatic rings. The minimum Gasteiger partial charge on any atom is -0.472 e. The van der Waals surface area contributed by atoms with Gasteiger partial charge in [-0.05, 0) is 24.3 Å². The van der Waals surface area contributed by atoms with Crippen LogP contribution in [0.25, 0.3) is 0 Å². The van der Waals surface area contributed by atoms with Crippen LogP contribution >= 0.6 is 11.6 Å². The smallest absolute Gasteiger partial charge is 0.416 e. The van der Waals surface area contributed by atoms with Crippen molar-refractivity contribution in [1.29, 1.82) is 0 Å². The number of likely N-dealkylation sites (tertiary alicyclic amines) is 1. The van der Waals surface area contributed by atoms with Crippen LogP contribution in [0.3, 0.4) is 0 Å². The van der Waals surface area contributed by atoms with Gasteiger partial charge in [-0.2, -0.15) is 13.2 Å². The first kappa shape index (κ1) is 17.5. The van der Waals surface area contributed by atoms with E-state index >= 15 is 0 Å². The number of carbonyl (C=O) groups is 1. The largest absolute Gasteiger partial charge is 0.472 e. The molecule has 1 atom stereocenters. The van der Waals surface area contributed by atoms with Gasteiger partial charge < -0.3 is 9.64 Å². The number of pyridine rings is 1. The molecule has 0 radical (unpaired) electrons. The Kier molecular flexibility index (Phi) is 4.85. The van der Waals surface area contributed by atoms with Gasteiger partial charge in [0.1, 0.15) is 6.10 Å². The third-order valence-electron chi connectivity index (χ3n) is 3.85. The van der Waals surface area contributed by atoms with Crippen molar-refractivity contribution in [2.75, 3.05) is 13.1 Å². The second kappa shape index (κ2) is 6.92. The molecular formula is C17H14ClF3N2O2. The number of alkyl halides is 3. The molecule has 0 bridgehead atoms. The van der Waals surface area contributed by atoms with Crippen LogP contribution in [0.1, 0.15) is 22.3 Å². The molecule has 25 heavy (non-hydrogen) atoms. The minimum absolute atomic E-state index is 0.100. The fraction of sp³-hybridized carbons (Fsp3) is 0.294. The Balaban J connectivity index is 1.65. The van der Waals surface area contributed by atoms with Gasteiger partial charge in [-0.15, -0.1) is 0 Å². The lowest BCUT2D eigenvalue weighted by Gasteiger charge is -2.17. The van der Waals surface area contributed by atoms with Crippen LogP contribution in [0.2, 0.25) is 5.02 Å². The average molecular weight is 371 g/mol. The topological polar surface area (TPSA) is 42.4 Å². The van der Waals surface area contributed by atoms with E-state index in [2.05, 4.69) is 4.98 Å². The van der Waals surface area contributed by atoms with Crippen molar-refractivity contribution in [2.45, 2.75) is 18.7 Å². The first-order chi connectivity index (χ1) is 11.8. The van der Waals surface area contributed by atoms with Crippen molar-refractivity contribution >= 4 is 17.5 Å². The second-order valence-electron chi connectivity index (χ2n) is 5.67. The molecule has 132 valence electrons. The molecule has 8 heteroatoms. The van der Waals surface area contributed by atoms with E-state index in [-0.39, 0.29) is 18.3 Å². The van der Waals surface area contributed by atoms with Crippen LogP contribution < -0.4 is 4.74 Å². The van der Waals surface area contributed by atoms with Gasteiger partial charge in [-0.3, -0.25) is 4.79 Å². The summed E-state index contributed by atoms with van der Waals surface area (Å²) in [6, 6.07) is 8.35. The number of aromatic nitrogens is 1. The third-order valence-corrected chi connectivity index (χ3v) is 4.09. The van der Waals surface area contributed by atoms with Gasteiger partial charge in [0.05, 0.1) is 12.1 Å². The van der Waals surface area contributed by atoms with E-state index in [0.29, 0.717) is 23.6 Å². The molecule has 1 aliphatic rings. The second-order valence-corrected chi connectivity index (χ2v) is 6.11. The third kappa shape index (κ3) is 4.22. The molecule has 0 spiro atoms. The van der Waals surface area contributed by atoms with Crippen LogP contribution in [-0.2, 0) is 6.18 Å². The highest BCUT2D eigenvalue weighted by molar-refractivity contribution is 6.30. The molecule has 0 saturated carbocycles. The van der Waals surface area contributed by atoms with E-state index < -0.39 is 17.8 Å². The predicted molar refractivity (Wildman–Crippen MR) is 85.6 cm³/mol. The van der Waals surface area contributed by atoms with E-state index in [0.717, 1.165) is 18.3 Å². The van der Waals surface area contributed by atoms with Gasteiger partial charge in [0.2, 0.25) is 5.88 Å². The standard InChI is InChI=1S/C17H14ClF3N2O2/c18-13-3-1-2-11(8-13)16(24)23-7-5-14(10-23)25-15-9-12(4-6-22-15)17(19,20)21/h1-4,6,8-9,14H,5,7,10H2/t14-/m0/s1. The lowest BCUT2D eigenvalue weighted by atomic mass is 10.2. The van der Waals surface area contributed by atoms with Crippen molar-refractivity contribution in [3.63, 3.8) is 0 Å². The van der Waals surface area contributed by atoms with E-state index in [1.165, 1.54) is 0 Å². The van der Waals surface area contributed by atoms with E-state index in [9.17, 15) is 18.0 Å². The molecular weight excluding hydrogens is 357 g/mol. The van der Waals surface area contributed by atoms with Crippen LogP contribution in [0.4, 0.5) is 13.2 Å². The maximum absolute atomic E-state index is 12.7. The molecule has 0 unspecified atom stereocenters. The molecule has 1 amide bonds. The van der Waals surface area contributed by atoms with Crippen molar-refractivity contribution < 1.29 is 22.7 Å². The number of nitrogens with zero attached hydrogens (tertiary/aromatic N) is 2. The summed E-state index contributed by atoms with van der Waals surface area (Å²) in [5.41, 5.74) is -0.354. The zero-order valence-electron chi connectivity index (χ0n) is 13.0. The molecule has 1 aromatic heterocycles. The monoisotopic (exact) mass is 370 g/mol. The normalized spacial score (nSPS) is 17.6. The molecule has 1 aromatic carbocycles. The Hall–Kier alpha value is -2.28. The zero-order chi connectivity index (χ0) is 18.0. The van der Waals surface area contributed by atoms with E-state index in [1.807, 2.05) is 0 Å². The first-order valence-electron chi connectivity index (χ1n) is 7.57. The van der Waals surface area contributed by atoms with Crippen molar-refractivity contribution in [3.8, 4) is 5.88 Å². The Bertz CT molecular complexity index is 782. The number of hydrogen-bond donors (Lipinski definition) is 0. The predicted octanol–water partition coefficient (Wildman–Crippen LogP) is 4.05. The van der Waals surface area contributed by atoms with Gasteiger partial charge in [-0.1, -0.05) is 17.7 Å². The summed E-state index contributed by atoms with van der Waals surface area (Å²) in [7, 11) is 0. The summed E-state index contributed by atoms with van der Waals surface area (Å²) < 4.78 is 43.7. The molecule has 1 saturated heterocycles. The lowest BCUT2D eigenvalue weighted by Crippen LogP contribution is -2.31. The highest BCUT2D eigenvalue weighted by atomic mass is 35.5. The van der Waals surface area contributed by atoms with Crippen molar-refractivity contribution in [3.05, 3.63) is 58.7 Å². The number of carbonyl (C=O) groups excluding carboxylic acids is 1. The number of hydrogen-bond acceptors (Lipinski definition) is 3. The number of benzene rings is 1.